The molecule has 0 heterocycles. The summed E-state index contributed by atoms with van der Waals surface area (Å²) < 4.78 is 26.7. The highest BCUT2D eigenvalue weighted by Gasteiger charge is 2.21. The highest BCUT2D eigenvalue weighted by Crippen LogP contribution is 2.31. The SMILES string of the molecule is NC(=O)CNS(=O)(=O)c1c(N)cc(Br)cc1Br. The van der Waals surface area contributed by atoms with Crippen molar-refractivity contribution in [1.82, 2.24) is 4.72 Å². The Hall–Kier alpha value is -0.640. The number of amides is 1. The first-order valence-electron chi connectivity index (χ1n) is 4.26. The largest absolute Gasteiger partial charge is 0.398 e. The van der Waals surface area contributed by atoms with Gasteiger partial charge in [-0.2, -0.15) is 0 Å². The van der Waals surface area contributed by atoms with Crippen molar-refractivity contribution in [1.29, 1.82) is 0 Å². The molecule has 0 saturated heterocycles. The number of nitrogens with two attached hydrogens (primary N) is 2. The fourth-order valence-electron chi connectivity index (χ4n) is 1.10. The first-order valence-corrected chi connectivity index (χ1v) is 7.33. The molecule has 0 aliphatic carbocycles. The van der Waals surface area contributed by atoms with E-state index in [2.05, 4.69) is 31.9 Å². The number of anilines is 1. The second-order valence-corrected chi connectivity index (χ2v) is 6.57. The molecule has 0 spiro atoms. The van der Waals surface area contributed by atoms with Crippen LogP contribution in [0.4, 0.5) is 5.69 Å². The van der Waals surface area contributed by atoms with Crippen LogP contribution in [0.15, 0.2) is 26.0 Å². The fourth-order valence-corrected chi connectivity index (χ4v) is 4.16. The van der Waals surface area contributed by atoms with Crippen molar-refractivity contribution < 1.29 is 13.2 Å². The van der Waals surface area contributed by atoms with Crippen LogP contribution in [0.2, 0.25) is 0 Å². The molecule has 6 nitrogen and oxygen atoms in total. The summed E-state index contributed by atoms with van der Waals surface area (Å²) in [7, 11) is -3.88. The number of carbonyl (C=O) groups is 1. The summed E-state index contributed by atoms with van der Waals surface area (Å²) >= 11 is 6.27. The van der Waals surface area contributed by atoms with Crippen molar-refractivity contribution in [2.45, 2.75) is 4.90 Å². The van der Waals surface area contributed by atoms with E-state index >= 15 is 0 Å². The monoisotopic (exact) mass is 385 g/mol. The number of sulfonamides is 1. The van der Waals surface area contributed by atoms with Crippen LogP contribution in [-0.2, 0) is 14.8 Å². The zero-order chi connectivity index (χ0) is 13.2. The van der Waals surface area contributed by atoms with Crippen LogP contribution in [0.5, 0.6) is 0 Å². The third kappa shape index (κ3) is 3.66. The maximum Gasteiger partial charge on any atom is 0.244 e. The van der Waals surface area contributed by atoms with Gasteiger partial charge in [0.05, 0.1) is 12.2 Å². The number of primary amides is 1. The molecule has 9 heteroatoms. The van der Waals surface area contributed by atoms with Gasteiger partial charge in [0.25, 0.3) is 0 Å². The number of hydrogen-bond acceptors (Lipinski definition) is 4. The van der Waals surface area contributed by atoms with Crippen molar-refractivity contribution in [3.8, 4) is 0 Å². The van der Waals surface area contributed by atoms with Crippen LogP contribution in [0, 0.1) is 0 Å². The van der Waals surface area contributed by atoms with Gasteiger partial charge in [-0.15, -0.1) is 0 Å². The molecule has 0 saturated carbocycles. The Morgan fingerprint density at radius 2 is 1.94 bits per heavy atom. The molecule has 94 valence electrons. The molecular weight excluding hydrogens is 378 g/mol. The number of halogens is 2. The van der Waals surface area contributed by atoms with Crippen molar-refractivity contribution in [3.05, 3.63) is 21.1 Å². The molecule has 5 N–H and O–H groups in total. The molecule has 0 unspecified atom stereocenters. The Morgan fingerprint density at radius 3 is 2.41 bits per heavy atom. The lowest BCUT2D eigenvalue weighted by molar-refractivity contribution is -0.116. The molecule has 1 rings (SSSR count). The van der Waals surface area contributed by atoms with E-state index in [1.165, 1.54) is 12.1 Å². The summed E-state index contributed by atoms with van der Waals surface area (Å²) in [5, 5.41) is 0. The molecule has 17 heavy (non-hydrogen) atoms. The number of carbonyl (C=O) groups excluding carboxylic acids is 1. The highest BCUT2D eigenvalue weighted by atomic mass is 79.9. The minimum absolute atomic E-state index is 0.0585. The molecule has 0 aliphatic heterocycles. The average Bonchev–Trinajstić information content (AvgIpc) is 2.12. The summed E-state index contributed by atoms with van der Waals surface area (Å²) in [4.78, 5) is 10.4. The van der Waals surface area contributed by atoms with E-state index in [0.717, 1.165) is 0 Å². The Morgan fingerprint density at radius 1 is 1.35 bits per heavy atom. The lowest BCUT2D eigenvalue weighted by Crippen LogP contribution is -2.33. The van der Waals surface area contributed by atoms with Crippen molar-refractivity contribution in [2.24, 2.45) is 5.73 Å². The Balaban J connectivity index is 3.20. The first-order chi connectivity index (χ1) is 7.74. The van der Waals surface area contributed by atoms with Gasteiger partial charge in [-0.3, -0.25) is 4.79 Å². The maximum absolute atomic E-state index is 11.8. The molecule has 1 aromatic rings. The second-order valence-electron chi connectivity index (χ2n) is 3.10. The van der Waals surface area contributed by atoms with E-state index in [4.69, 9.17) is 11.5 Å². The van der Waals surface area contributed by atoms with Crippen molar-refractivity contribution >= 4 is 53.5 Å². The Labute approximate surface area is 115 Å². The lowest BCUT2D eigenvalue weighted by atomic mass is 10.3. The summed E-state index contributed by atoms with van der Waals surface area (Å²) in [6.45, 7) is -0.482. The summed E-state index contributed by atoms with van der Waals surface area (Å²) in [5.74, 6) is -0.777. The van der Waals surface area contributed by atoms with Crippen LogP contribution < -0.4 is 16.2 Å². The van der Waals surface area contributed by atoms with Crippen LogP contribution >= 0.6 is 31.9 Å². The van der Waals surface area contributed by atoms with Gasteiger partial charge in [-0.05, 0) is 28.1 Å². The summed E-state index contributed by atoms with van der Waals surface area (Å²) in [6, 6.07) is 2.98. The van der Waals surface area contributed by atoms with Gasteiger partial charge < -0.3 is 11.5 Å². The first kappa shape index (κ1) is 14.4. The fraction of sp³-hybridized carbons (Fsp3) is 0.125. The van der Waals surface area contributed by atoms with E-state index in [1.54, 1.807) is 0 Å². The van der Waals surface area contributed by atoms with E-state index in [9.17, 15) is 13.2 Å². The van der Waals surface area contributed by atoms with Crippen LogP contribution in [0.3, 0.4) is 0 Å². The van der Waals surface area contributed by atoms with Crippen LogP contribution in [0.1, 0.15) is 0 Å². The van der Waals surface area contributed by atoms with Gasteiger partial charge in [0, 0.05) is 8.95 Å². The average molecular weight is 387 g/mol. The smallest absolute Gasteiger partial charge is 0.244 e. The molecule has 0 atom stereocenters. The minimum Gasteiger partial charge on any atom is -0.398 e. The molecule has 0 aromatic heterocycles. The molecular formula is C8H9Br2N3O3S. The number of nitrogen functional groups attached to an aromatic ring is 1. The van der Waals surface area contributed by atoms with Crippen LogP contribution in [0.25, 0.3) is 0 Å². The highest BCUT2D eigenvalue weighted by molar-refractivity contribution is 9.11. The summed E-state index contributed by atoms with van der Waals surface area (Å²) in [6.07, 6.45) is 0. The quantitative estimate of drug-likeness (QED) is 0.655. The van der Waals surface area contributed by atoms with Crippen molar-refractivity contribution in [2.75, 3.05) is 12.3 Å². The zero-order valence-electron chi connectivity index (χ0n) is 8.41. The number of hydrogen-bond donors (Lipinski definition) is 3. The zero-order valence-corrected chi connectivity index (χ0v) is 12.4. The van der Waals surface area contributed by atoms with Crippen molar-refractivity contribution in [3.63, 3.8) is 0 Å². The van der Waals surface area contributed by atoms with E-state index in [1.807, 2.05) is 4.72 Å². The second kappa shape index (κ2) is 5.34. The van der Waals surface area contributed by atoms with E-state index < -0.39 is 22.5 Å². The van der Waals surface area contributed by atoms with Gasteiger partial charge in [-0.25, -0.2) is 13.1 Å². The predicted octanol–water partition coefficient (Wildman–Crippen LogP) is 0.557. The third-order valence-corrected chi connectivity index (χ3v) is 4.61. The lowest BCUT2D eigenvalue weighted by Gasteiger charge is -2.10. The number of rotatable bonds is 4. The minimum atomic E-state index is -3.88. The topological polar surface area (TPSA) is 115 Å². The Kier molecular flexibility index (Phi) is 4.53. The van der Waals surface area contributed by atoms with E-state index in [-0.39, 0.29) is 10.6 Å². The Bertz CT molecular complexity index is 536. The van der Waals surface area contributed by atoms with Gasteiger partial charge in [0.15, 0.2) is 0 Å². The third-order valence-electron chi connectivity index (χ3n) is 1.74. The van der Waals surface area contributed by atoms with Gasteiger partial charge in [-0.1, -0.05) is 15.9 Å². The van der Waals surface area contributed by atoms with E-state index in [0.29, 0.717) is 8.95 Å². The molecule has 1 amide bonds. The molecule has 0 fully saturated rings. The van der Waals surface area contributed by atoms with Gasteiger partial charge in [0.2, 0.25) is 15.9 Å². The predicted molar refractivity (Wildman–Crippen MR) is 70.6 cm³/mol. The molecule has 0 bridgehead atoms. The summed E-state index contributed by atoms with van der Waals surface area (Å²) in [5.41, 5.74) is 10.5. The van der Waals surface area contributed by atoms with Gasteiger partial charge in [0.1, 0.15) is 4.90 Å². The molecule has 1 aromatic carbocycles. The maximum atomic E-state index is 11.8. The number of benzene rings is 1. The standard InChI is InChI=1S/C8H9Br2N3O3S/c9-4-1-5(10)8(6(11)2-4)17(15,16)13-3-7(12)14/h1-2,13H,3,11H2,(H2,12,14). The molecule has 0 radical (unpaired) electrons. The van der Waals surface area contributed by atoms with Gasteiger partial charge >= 0.3 is 0 Å². The van der Waals surface area contributed by atoms with Crippen LogP contribution in [-0.4, -0.2) is 20.9 Å². The number of nitrogens with one attached hydrogen (secondary N) is 1. The molecule has 0 aliphatic rings. The normalized spacial score (nSPS) is 11.4.